The molecule has 1 aromatic carbocycles. The molecule has 0 spiro atoms. The van der Waals surface area contributed by atoms with Crippen LogP contribution in [-0.4, -0.2) is 14.9 Å². The largest absolute Gasteiger partial charge is 0.386 e. The third-order valence-corrected chi connectivity index (χ3v) is 2.47. The third kappa shape index (κ3) is 2.81. The van der Waals surface area contributed by atoms with Crippen LogP contribution in [0, 0.1) is 11.6 Å². The molecule has 1 heterocycles. The first-order valence-electron chi connectivity index (χ1n) is 4.87. The van der Waals surface area contributed by atoms with Gasteiger partial charge in [0.2, 0.25) is 0 Å². The van der Waals surface area contributed by atoms with Gasteiger partial charge >= 0.3 is 0 Å². The number of rotatable bonds is 3. The summed E-state index contributed by atoms with van der Waals surface area (Å²) in [4.78, 5) is 0. The number of aromatic nitrogens is 2. The Morgan fingerprint density at radius 1 is 1.41 bits per heavy atom. The van der Waals surface area contributed by atoms with Crippen LogP contribution >= 0.6 is 11.6 Å². The van der Waals surface area contributed by atoms with Gasteiger partial charge in [-0.1, -0.05) is 11.6 Å². The predicted molar refractivity (Wildman–Crippen MR) is 58.6 cm³/mol. The molecule has 2 aromatic rings. The van der Waals surface area contributed by atoms with Crippen LogP contribution in [0.1, 0.15) is 11.7 Å². The molecule has 1 atom stereocenters. The Bertz CT molecular complexity index is 530. The molecule has 0 bridgehead atoms. The molecule has 3 nitrogen and oxygen atoms in total. The fourth-order valence-electron chi connectivity index (χ4n) is 1.48. The Labute approximate surface area is 101 Å². The standard InChI is InChI=1S/C11H9ClF2N2O/c12-7-4-15-16(5-7)6-11(17)9-3-8(13)1-2-10(9)14/h1-5,11,17H,6H2. The number of aliphatic hydroxyl groups excluding tert-OH is 1. The van der Waals surface area contributed by atoms with Gasteiger partial charge in [-0.15, -0.1) is 0 Å². The van der Waals surface area contributed by atoms with E-state index < -0.39 is 17.7 Å². The van der Waals surface area contributed by atoms with Gasteiger partial charge in [0.1, 0.15) is 17.7 Å². The second-order valence-electron chi connectivity index (χ2n) is 3.56. The molecule has 1 unspecified atom stereocenters. The summed E-state index contributed by atoms with van der Waals surface area (Å²) in [5, 5.41) is 14.0. The van der Waals surface area contributed by atoms with Gasteiger partial charge < -0.3 is 5.11 Å². The van der Waals surface area contributed by atoms with Crippen molar-refractivity contribution in [3.05, 3.63) is 52.8 Å². The van der Waals surface area contributed by atoms with Crippen LogP contribution in [0.2, 0.25) is 5.02 Å². The SMILES string of the molecule is OC(Cn1cc(Cl)cn1)c1cc(F)ccc1F. The molecule has 0 saturated carbocycles. The van der Waals surface area contributed by atoms with Crippen molar-refractivity contribution >= 4 is 11.6 Å². The molecule has 0 radical (unpaired) electrons. The second kappa shape index (κ2) is 4.81. The van der Waals surface area contributed by atoms with Crippen molar-refractivity contribution in [2.75, 3.05) is 0 Å². The molecule has 0 aliphatic rings. The van der Waals surface area contributed by atoms with Crippen molar-refractivity contribution in [2.45, 2.75) is 12.6 Å². The van der Waals surface area contributed by atoms with E-state index >= 15 is 0 Å². The van der Waals surface area contributed by atoms with Gasteiger partial charge in [0.05, 0.1) is 17.8 Å². The van der Waals surface area contributed by atoms with E-state index in [1.54, 1.807) is 0 Å². The number of halogens is 3. The summed E-state index contributed by atoms with van der Waals surface area (Å²) >= 11 is 5.65. The molecule has 0 aliphatic carbocycles. The zero-order chi connectivity index (χ0) is 12.4. The van der Waals surface area contributed by atoms with Crippen LogP contribution in [0.25, 0.3) is 0 Å². The summed E-state index contributed by atoms with van der Waals surface area (Å²) in [5.41, 5.74) is -0.100. The van der Waals surface area contributed by atoms with E-state index in [4.69, 9.17) is 11.6 Å². The Morgan fingerprint density at radius 3 is 2.82 bits per heavy atom. The number of hydrogen-bond donors (Lipinski definition) is 1. The van der Waals surface area contributed by atoms with Gasteiger partial charge in [-0.2, -0.15) is 5.10 Å². The van der Waals surface area contributed by atoms with Crippen molar-refractivity contribution in [3.63, 3.8) is 0 Å². The molecule has 0 fully saturated rings. The zero-order valence-electron chi connectivity index (χ0n) is 8.65. The second-order valence-corrected chi connectivity index (χ2v) is 4.00. The van der Waals surface area contributed by atoms with E-state index in [9.17, 15) is 13.9 Å². The molecule has 17 heavy (non-hydrogen) atoms. The number of nitrogens with zero attached hydrogens (tertiary/aromatic N) is 2. The van der Waals surface area contributed by atoms with Crippen molar-refractivity contribution in [2.24, 2.45) is 0 Å². The first-order valence-corrected chi connectivity index (χ1v) is 5.25. The van der Waals surface area contributed by atoms with Gasteiger partial charge in [-0.25, -0.2) is 8.78 Å². The third-order valence-electron chi connectivity index (χ3n) is 2.28. The summed E-state index contributed by atoms with van der Waals surface area (Å²) in [5.74, 6) is -1.25. The Kier molecular flexibility index (Phi) is 3.40. The lowest BCUT2D eigenvalue weighted by molar-refractivity contribution is 0.147. The van der Waals surface area contributed by atoms with Crippen LogP contribution in [0.15, 0.2) is 30.6 Å². The monoisotopic (exact) mass is 258 g/mol. The maximum Gasteiger partial charge on any atom is 0.129 e. The van der Waals surface area contributed by atoms with Crippen LogP contribution in [0.4, 0.5) is 8.78 Å². The van der Waals surface area contributed by atoms with Crippen molar-refractivity contribution < 1.29 is 13.9 Å². The number of hydrogen-bond acceptors (Lipinski definition) is 2. The Balaban J connectivity index is 2.19. The molecule has 90 valence electrons. The van der Waals surface area contributed by atoms with E-state index in [2.05, 4.69) is 5.10 Å². The summed E-state index contributed by atoms with van der Waals surface area (Å²) in [6.07, 6.45) is 1.71. The van der Waals surface area contributed by atoms with Gasteiger partial charge in [0.15, 0.2) is 0 Å². The molecule has 1 aromatic heterocycles. The minimum absolute atomic E-state index is 0.00704. The van der Waals surface area contributed by atoms with Crippen molar-refractivity contribution in [1.29, 1.82) is 0 Å². The smallest absolute Gasteiger partial charge is 0.129 e. The minimum atomic E-state index is -1.18. The van der Waals surface area contributed by atoms with Crippen LogP contribution in [0.3, 0.4) is 0 Å². The van der Waals surface area contributed by atoms with E-state index in [-0.39, 0.29) is 12.1 Å². The molecular formula is C11H9ClF2N2O. The fourth-order valence-corrected chi connectivity index (χ4v) is 1.64. The van der Waals surface area contributed by atoms with Crippen LogP contribution in [-0.2, 0) is 6.54 Å². The fraction of sp³-hybridized carbons (Fsp3) is 0.182. The maximum atomic E-state index is 13.3. The maximum absolute atomic E-state index is 13.3. The molecule has 0 saturated heterocycles. The highest BCUT2D eigenvalue weighted by molar-refractivity contribution is 6.30. The first-order chi connectivity index (χ1) is 8.06. The molecule has 1 N–H and O–H groups in total. The lowest BCUT2D eigenvalue weighted by Crippen LogP contribution is -2.10. The highest BCUT2D eigenvalue weighted by atomic mass is 35.5. The van der Waals surface area contributed by atoms with Crippen LogP contribution < -0.4 is 0 Å². The van der Waals surface area contributed by atoms with E-state index in [0.717, 1.165) is 18.2 Å². The number of benzene rings is 1. The summed E-state index contributed by atoms with van der Waals surface area (Å²) in [6, 6.07) is 2.94. The van der Waals surface area contributed by atoms with Gasteiger partial charge in [0, 0.05) is 11.8 Å². The molecule has 6 heteroatoms. The highest BCUT2D eigenvalue weighted by Gasteiger charge is 2.14. The summed E-state index contributed by atoms with van der Waals surface area (Å²) in [7, 11) is 0. The van der Waals surface area contributed by atoms with Gasteiger partial charge in [0.25, 0.3) is 0 Å². The average Bonchev–Trinajstić information content (AvgIpc) is 2.67. The Morgan fingerprint density at radius 2 is 2.18 bits per heavy atom. The average molecular weight is 259 g/mol. The highest BCUT2D eigenvalue weighted by Crippen LogP contribution is 2.20. The number of aliphatic hydroxyl groups is 1. The lowest BCUT2D eigenvalue weighted by atomic mass is 10.1. The molecule has 0 aliphatic heterocycles. The van der Waals surface area contributed by atoms with Gasteiger partial charge in [-0.3, -0.25) is 4.68 Å². The normalized spacial score (nSPS) is 12.7. The van der Waals surface area contributed by atoms with E-state index in [1.807, 2.05) is 0 Å². The summed E-state index contributed by atoms with van der Waals surface area (Å²) < 4.78 is 27.6. The Hall–Kier alpha value is -1.46. The topological polar surface area (TPSA) is 38.0 Å². The van der Waals surface area contributed by atoms with Gasteiger partial charge in [-0.05, 0) is 18.2 Å². The quantitative estimate of drug-likeness (QED) is 0.919. The molecule has 2 rings (SSSR count). The van der Waals surface area contributed by atoms with Crippen molar-refractivity contribution in [3.8, 4) is 0 Å². The van der Waals surface area contributed by atoms with E-state index in [0.29, 0.717) is 5.02 Å². The lowest BCUT2D eigenvalue weighted by Gasteiger charge is -2.12. The van der Waals surface area contributed by atoms with Crippen LogP contribution in [0.5, 0.6) is 0 Å². The molecule has 0 amide bonds. The zero-order valence-corrected chi connectivity index (χ0v) is 9.40. The molecular weight excluding hydrogens is 250 g/mol. The van der Waals surface area contributed by atoms with Crippen molar-refractivity contribution in [1.82, 2.24) is 9.78 Å². The predicted octanol–water partition coefficient (Wildman–Crippen LogP) is 2.55. The minimum Gasteiger partial charge on any atom is -0.386 e. The van der Waals surface area contributed by atoms with E-state index in [1.165, 1.54) is 17.1 Å². The summed E-state index contributed by atoms with van der Waals surface area (Å²) in [6.45, 7) is 0.00704. The first kappa shape index (κ1) is 12.0.